The van der Waals surface area contributed by atoms with Gasteiger partial charge in [-0.3, -0.25) is 5.10 Å². The van der Waals surface area contributed by atoms with Crippen molar-refractivity contribution in [1.29, 1.82) is 0 Å². The van der Waals surface area contributed by atoms with Crippen LogP contribution < -0.4 is 0 Å². The maximum atomic E-state index is 11.4. The highest BCUT2D eigenvalue weighted by Gasteiger charge is 2.42. The van der Waals surface area contributed by atoms with Crippen molar-refractivity contribution in [1.82, 2.24) is 15.2 Å². The summed E-state index contributed by atoms with van der Waals surface area (Å²) in [5, 5.41) is 6.59. The second kappa shape index (κ2) is 3.03. The van der Waals surface area contributed by atoms with Crippen LogP contribution in [0.2, 0.25) is 0 Å². The molecule has 1 N–H and O–H groups in total. The number of aromatic amines is 1. The van der Waals surface area contributed by atoms with Crippen molar-refractivity contribution in [3.8, 4) is 0 Å². The van der Waals surface area contributed by atoms with Crippen LogP contribution in [0.3, 0.4) is 0 Å². The van der Waals surface area contributed by atoms with Gasteiger partial charge in [-0.1, -0.05) is 6.92 Å². The zero-order chi connectivity index (χ0) is 10.4. The van der Waals surface area contributed by atoms with E-state index in [2.05, 4.69) is 31.1 Å². The summed E-state index contributed by atoms with van der Waals surface area (Å²) >= 11 is 3.13. The zero-order valence-corrected chi connectivity index (χ0v) is 10.0. The summed E-state index contributed by atoms with van der Waals surface area (Å²) in [7, 11) is -2.90. The molecule has 2 heterocycles. The fourth-order valence-corrected chi connectivity index (χ4v) is 4.13. The summed E-state index contributed by atoms with van der Waals surface area (Å²) in [6, 6.07) is 0. The second-order valence-corrected chi connectivity index (χ2v) is 6.75. The van der Waals surface area contributed by atoms with Crippen molar-refractivity contribution in [2.24, 2.45) is 0 Å². The smallest absolute Gasteiger partial charge is 0.217 e. The lowest BCUT2D eigenvalue weighted by Crippen LogP contribution is -2.24. The maximum absolute atomic E-state index is 11.4. The van der Waals surface area contributed by atoms with Gasteiger partial charge in [0.05, 0.1) is 11.5 Å². The molecule has 0 spiro atoms. The number of H-pyrrole nitrogens is 1. The predicted octanol–water partition coefficient (Wildman–Crippen LogP) is 0.643. The molecule has 0 aromatic carbocycles. The lowest BCUT2D eigenvalue weighted by Gasteiger charge is -2.17. The van der Waals surface area contributed by atoms with Crippen molar-refractivity contribution in [3.63, 3.8) is 0 Å². The van der Waals surface area contributed by atoms with Crippen molar-refractivity contribution >= 4 is 25.8 Å². The van der Waals surface area contributed by atoms with Crippen molar-refractivity contribution in [3.05, 3.63) is 10.6 Å². The van der Waals surface area contributed by atoms with Crippen molar-refractivity contribution in [2.75, 3.05) is 11.5 Å². The van der Waals surface area contributed by atoms with Crippen LogP contribution in [0, 0.1) is 0 Å². The van der Waals surface area contributed by atoms with Crippen molar-refractivity contribution < 1.29 is 8.42 Å². The Morgan fingerprint density at radius 1 is 1.57 bits per heavy atom. The van der Waals surface area contributed by atoms with Crippen LogP contribution in [0.15, 0.2) is 4.73 Å². The topological polar surface area (TPSA) is 75.7 Å². The van der Waals surface area contributed by atoms with Gasteiger partial charge < -0.3 is 0 Å². The number of rotatable bonds is 1. The molecule has 1 aromatic heterocycles. The fraction of sp³-hybridized carbons (Fsp3) is 0.714. The average molecular weight is 280 g/mol. The summed E-state index contributed by atoms with van der Waals surface area (Å²) in [5.74, 6) is 1.04. The molecule has 7 heteroatoms. The van der Waals surface area contributed by atoms with Gasteiger partial charge in [0.15, 0.2) is 9.84 Å². The van der Waals surface area contributed by atoms with Gasteiger partial charge >= 0.3 is 0 Å². The highest BCUT2D eigenvalue weighted by Crippen LogP contribution is 2.33. The van der Waals surface area contributed by atoms with Crippen LogP contribution in [0.5, 0.6) is 0 Å². The van der Waals surface area contributed by atoms with Crippen LogP contribution in [-0.4, -0.2) is 35.1 Å². The van der Waals surface area contributed by atoms with Crippen LogP contribution in [0.1, 0.15) is 19.2 Å². The predicted molar refractivity (Wildman–Crippen MR) is 54.7 cm³/mol. The molecular formula is C7H10BrN3O2S. The minimum Gasteiger partial charge on any atom is -0.262 e. The first kappa shape index (κ1) is 10.1. The van der Waals surface area contributed by atoms with Crippen LogP contribution in [0.25, 0.3) is 0 Å². The summed E-state index contributed by atoms with van der Waals surface area (Å²) in [5.41, 5.74) is -0.405. The Labute approximate surface area is 90.4 Å². The number of hydrogen-bond donors (Lipinski definition) is 1. The Kier molecular flexibility index (Phi) is 2.19. The number of nitrogens with one attached hydrogen (secondary N) is 1. The Hall–Kier alpha value is -0.430. The lowest BCUT2D eigenvalue weighted by atomic mass is 9.90. The number of halogens is 1. The molecule has 1 aliphatic rings. The highest BCUT2D eigenvalue weighted by molar-refractivity contribution is 9.10. The Morgan fingerprint density at radius 2 is 2.29 bits per heavy atom. The molecule has 0 amide bonds. The Balaban J connectivity index is 2.36. The lowest BCUT2D eigenvalue weighted by molar-refractivity contribution is 0.503. The van der Waals surface area contributed by atoms with E-state index >= 15 is 0 Å². The van der Waals surface area contributed by atoms with Gasteiger partial charge in [0.25, 0.3) is 0 Å². The van der Waals surface area contributed by atoms with E-state index < -0.39 is 15.3 Å². The van der Waals surface area contributed by atoms with E-state index in [9.17, 15) is 8.42 Å². The third-order valence-electron chi connectivity index (χ3n) is 2.53. The van der Waals surface area contributed by atoms with Gasteiger partial charge in [-0.15, -0.1) is 5.10 Å². The molecule has 1 unspecified atom stereocenters. The zero-order valence-electron chi connectivity index (χ0n) is 7.62. The van der Waals surface area contributed by atoms with E-state index in [1.54, 1.807) is 0 Å². The minimum absolute atomic E-state index is 0.154. The van der Waals surface area contributed by atoms with Crippen LogP contribution >= 0.6 is 15.9 Å². The quantitative estimate of drug-likeness (QED) is 0.819. The van der Waals surface area contributed by atoms with Gasteiger partial charge in [0, 0.05) is 5.41 Å². The normalized spacial score (nSPS) is 30.7. The fourth-order valence-electron chi connectivity index (χ4n) is 1.71. The molecule has 5 nitrogen and oxygen atoms in total. The number of hydrogen-bond acceptors (Lipinski definition) is 4. The Bertz CT molecular complexity index is 455. The molecule has 2 rings (SSSR count). The molecule has 0 aliphatic carbocycles. The molecular weight excluding hydrogens is 270 g/mol. The molecule has 14 heavy (non-hydrogen) atoms. The third-order valence-corrected chi connectivity index (χ3v) is 4.79. The first-order chi connectivity index (χ1) is 6.41. The number of sulfone groups is 1. The molecule has 1 aliphatic heterocycles. The SMILES string of the molecule is CC1(c2nc(Br)n[nH]2)CCS(=O)(=O)C1. The van der Waals surface area contributed by atoms with E-state index in [1.807, 2.05) is 6.92 Å². The Morgan fingerprint density at radius 3 is 2.71 bits per heavy atom. The largest absolute Gasteiger partial charge is 0.262 e. The van der Waals surface area contributed by atoms with E-state index in [0.29, 0.717) is 17.0 Å². The average Bonchev–Trinajstić information content (AvgIpc) is 2.57. The van der Waals surface area contributed by atoms with Crippen LogP contribution in [-0.2, 0) is 15.3 Å². The van der Waals surface area contributed by atoms with E-state index in [-0.39, 0.29) is 11.5 Å². The van der Waals surface area contributed by atoms with Gasteiger partial charge in [0.1, 0.15) is 5.82 Å². The molecule has 78 valence electrons. The summed E-state index contributed by atoms with van der Waals surface area (Å²) in [4.78, 5) is 4.12. The summed E-state index contributed by atoms with van der Waals surface area (Å²) in [6.45, 7) is 1.89. The van der Waals surface area contributed by atoms with Gasteiger partial charge in [-0.25, -0.2) is 13.4 Å². The van der Waals surface area contributed by atoms with Gasteiger partial charge in [-0.05, 0) is 22.4 Å². The summed E-state index contributed by atoms with van der Waals surface area (Å²) < 4.78 is 23.2. The molecule has 1 aromatic rings. The summed E-state index contributed by atoms with van der Waals surface area (Å²) in [6.07, 6.45) is 0.608. The third kappa shape index (κ3) is 1.70. The first-order valence-electron chi connectivity index (χ1n) is 4.20. The maximum Gasteiger partial charge on any atom is 0.217 e. The minimum atomic E-state index is -2.90. The van der Waals surface area contributed by atoms with E-state index in [1.165, 1.54) is 0 Å². The standard InChI is InChI=1S/C7H10BrN3O2S/c1-7(2-3-14(12,13)4-7)5-9-6(8)11-10-5/h2-4H2,1H3,(H,9,10,11). The molecule has 0 bridgehead atoms. The van der Waals surface area contributed by atoms with Gasteiger partial charge in [-0.2, -0.15) is 0 Å². The van der Waals surface area contributed by atoms with Crippen LogP contribution in [0.4, 0.5) is 0 Å². The molecule has 1 saturated heterocycles. The highest BCUT2D eigenvalue weighted by atomic mass is 79.9. The van der Waals surface area contributed by atoms with E-state index in [0.717, 1.165) is 0 Å². The molecule has 1 fully saturated rings. The molecule has 1 atom stereocenters. The number of nitrogens with zero attached hydrogens (tertiary/aromatic N) is 2. The number of aromatic nitrogens is 3. The van der Waals surface area contributed by atoms with Crippen molar-refractivity contribution in [2.45, 2.75) is 18.8 Å². The second-order valence-electron chi connectivity index (χ2n) is 3.86. The first-order valence-corrected chi connectivity index (χ1v) is 6.82. The van der Waals surface area contributed by atoms with Gasteiger partial charge in [0.2, 0.25) is 4.73 Å². The molecule has 0 saturated carbocycles. The molecule has 0 radical (unpaired) electrons. The monoisotopic (exact) mass is 279 g/mol. The van der Waals surface area contributed by atoms with E-state index in [4.69, 9.17) is 0 Å².